The highest BCUT2D eigenvalue weighted by Gasteiger charge is 2.43. The lowest BCUT2D eigenvalue weighted by Gasteiger charge is -2.37. The van der Waals surface area contributed by atoms with E-state index in [9.17, 15) is 34.0 Å². The Kier molecular flexibility index (Phi) is 18.6. The maximum atomic E-state index is 13.9. The van der Waals surface area contributed by atoms with Crippen LogP contribution in [0.2, 0.25) is 0 Å². The van der Waals surface area contributed by atoms with Crippen LogP contribution in [0.3, 0.4) is 0 Å². The molecule has 9 rings (SSSR count). The number of benzene rings is 2. The number of hydrogen-bond acceptors (Lipinski definition) is 15. The Labute approximate surface area is 471 Å². The van der Waals surface area contributed by atoms with Crippen molar-refractivity contribution < 1.29 is 57.2 Å². The Balaban J connectivity index is 0.749. The topological polar surface area (TPSA) is 194 Å². The summed E-state index contributed by atoms with van der Waals surface area (Å²) in [4.78, 5) is 85.0. The van der Waals surface area contributed by atoms with Crippen molar-refractivity contribution in [3.63, 3.8) is 0 Å². The van der Waals surface area contributed by atoms with Gasteiger partial charge in [-0.05, 0) is 201 Å². The number of fused-ring (bicyclic) bond motifs is 1. The van der Waals surface area contributed by atoms with Gasteiger partial charge in [-0.2, -0.15) is 5.26 Å². The van der Waals surface area contributed by atoms with Crippen LogP contribution in [0, 0.1) is 63.6 Å². The Hall–Kier alpha value is -5.36. The Morgan fingerprint density at radius 1 is 0.519 bits per heavy atom. The first-order valence-electron chi connectivity index (χ1n) is 29.9. The van der Waals surface area contributed by atoms with Gasteiger partial charge in [0.1, 0.15) is 45.4 Å². The minimum absolute atomic E-state index is 0.0256. The number of esters is 5. The normalized spacial score (nSPS) is 30.7. The molecule has 0 radical (unpaired) electrons. The zero-order chi connectivity index (χ0) is 56.1. The van der Waals surface area contributed by atoms with E-state index in [0.29, 0.717) is 134 Å². The molecule has 6 saturated carbocycles. The van der Waals surface area contributed by atoms with E-state index in [2.05, 4.69) is 47.6 Å². The van der Waals surface area contributed by atoms with Crippen LogP contribution < -0.4 is 9.47 Å². The molecule has 6 fully saturated rings. The van der Waals surface area contributed by atoms with E-state index in [1.54, 1.807) is 36.4 Å². The summed E-state index contributed by atoms with van der Waals surface area (Å²) < 4.78 is 37.4. The molecule has 0 N–H and O–H groups in total. The predicted molar refractivity (Wildman–Crippen MR) is 298 cm³/mol. The van der Waals surface area contributed by atoms with Gasteiger partial charge in [0.25, 0.3) is 0 Å². The molecule has 1 heterocycles. The zero-order valence-corrected chi connectivity index (χ0v) is 48.4. The molecule has 6 aliphatic carbocycles. The monoisotopic (exact) mass is 1100 g/mol. The first kappa shape index (κ1) is 58.3. The number of thiazole rings is 1. The number of aldehydes is 1. The summed E-state index contributed by atoms with van der Waals surface area (Å²) in [5.41, 5.74) is 0.944. The van der Waals surface area contributed by atoms with Crippen molar-refractivity contribution in [2.75, 3.05) is 0 Å². The molecule has 1 aromatic heterocycles. The molecule has 0 aliphatic heterocycles. The fourth-order valence-corrected chi connectivity index (χ4v) is 14.5. The van der Waals surface area contributed by atoms with Gasteiger partial charge >= 0.3 is 29.8 Å². The van der Waals surface area contributed by atoms with Crippen LogP contribution >= 0.6 is 11.3 Å². The Morgan fingerprint density at radius 3 is 1.27 bits per heavy atom. The summed E-state index contributed by atoms with van der Waals surface area (Å²) >= 11 is 1.31. The van der Waals surface area contributed by atoms with Crippen LogP contribution in [0.4, 0.5) is 0 Å². The fourth-order valence-electron chi connectivity index (χ4n) is 13.5. The quantitative estimate of drug-likeness (QED) is 0.0640. The highest BCUT2D eigenvalue weighted by molar-refractivity contribution is 7.22. The van der Waals surface area contributed by atoms with E-state index in [4.69, 9.17) is 33.4 Å². The van der Waals surface area contributed by atoms with Crippen molar-refractivity contribution >= 4 is 57.7 Å². The van der Waals surface area contributed by atoms with Crippen LogP contribution in [-0.2, 0) is 47.7 Å². The third kappa shape index (κ3) is 14.6. The van der Waals surface area contributed by atoms with E-state index in [-0.39, 0.29) is 89.7 Å². The van der Waals surface area contributed by atoms with E-state index >= 15 is 0 Å². The molecule has 79 heavy (non-hydrogen) atoms. The van der Waals surface area contributed by atoms with Gasteiger partial charge in [-0.25, -0.2) is 4.98 Å². The largest absolute Gasteiger partial charge is 0.477 e. The molecule has 0 bridgehead atoms. The van der Waals surface area contributed by atoms with Gasteiger partial charge in [-0.15, -0.1) is 11.3 Å². The smallest absolute Gasteiger partial charge is 0.314 e. The number of ether oxygens (including phenoxy) is 6. The van der Waals surface area contributed by atoms with Crippen LogP contribution in [-0.4, -0.2) is 71.1 Å². The average molecular weight is 1110 g/mol. The number of carbonyl (C=O) groups is 6. The lowest BCUT2D eigenvalue weighted by molar-refractivity contribution is -0.165. The number of nitriles is 1. The molecule has 0 atom stereocenters. The molecular weight excluding hydrogens is 1020 g/mol. The molecule has 6 aliphatic rings. The molecular formula is C64H84N2O12S. The van der Waals surface area contributed by atoms with Crippen LogP contribution in [0.1, 0.15) is 201 Å². The van der Waals surface area contributed by atoms with Crippen LogP contribution in [0.5, 0.6) is 11.5 Å². The predicted octanol–water partition coefficient (Wildman–Crippen LogP) is 13.6. The molecule has 3 aromatic rings. The Morgan fingerprint density at radius 2 is 0.886 bits per heavy atom. The fraction of sp³-hybridized carbons (Fsp3) is 0.688. The van der Waals surface area contributed by atoms with Crippen molar-refractivity contribution in [1.29, 1.82) is 5.26 Å². The molecule has 15 heteroatoms. The summed E-state index contributed by atoms with van der Waals surface area (Å²) in [5.74, 6) is -0.362. The van der Waals surface area contributed by atoms with Gasteiger partial charge < -0.3 is 28.4 Å². The maximum absolute atomic E-state index is 13.9. The van der Waals surface area contributed by atoms with Crippen molar-refractivity contribution in [1.82, 2.24) is 4.98 Å². The minimum Gasteiger partial charge on any atom is -0.477 e. The van der Waals surface area contributed by atoms with Crippen LogP contribution in [0.25, 0.3) is 20.8 Å². The van der Waals surface area contributed by atoms with Gasteiger partial charge in [0.15, 0.2) is 17.6 Å². The molecule has 0 saturated heterocycles. The van der Waals surface area contributed by atoms with Crippen molar-refractivity contribution in [3.05, 3.63) is 42.0 Å². The number of carbonyl (C=O) groups excluding carboxylic acids is 6. The van der Waals surface area contributed by atoms with Gasteiger partial charge in [0.2, 0.25) is 0 Å². The Bertz CT molecular complexity index is 2670. The number of nitrogens with zero attached hydrogens (tertiary/aromatic N) is 2. The molecule has 2 aromatic carbocycles. The first-order valence-corrected chi connectivity index (χ1v) is 30.7. The zero-order valence-electron chi connectivity index (χ0n) is 47.6. The molecule has 0 amide bonds. The third-order valence-electron chi connectivity index (χ3n) is 19.0. The minimum atomic E-state index is -1.23. The van der Waals surface area contributed by atoms with Gasteiger partial charge in [0.05, 0.1) is 41.2 Å². The van der Waals surface area contributed by atoms with E-state index in [0.717, 1.165) is 63.2 Å². The van der Waals surface area contributed by atoms with Crippen molar-refractivity contribution in [2.45, 2.75) is 226 Å². The summed E-state index contributed by atoms with van der Waals surface area (Å²) in [5, 5.41) is 10.1. The second-order valence-corrected chi connectivity index (χ2v) is 27.3. The van der Waals surface area contributed by atoms with Gasteiger partial charge in [-0.1, -0.05) is 53.7 Å². The maximum Gasteiger partial charge on any atom is 0.314 e. The highest BCUT2D eigenvalue weighted by atomic mass is 32.1. The molecule has 0 spiro atoms. The van der Waals surface area contributed by atoms with E-state index in [1.807, 2.05) is 0 Å². The summed E-state index contributed by atoms with van der Waals surface area (Å²) in [7, 11) is 0. The lowest BCUT2D eigenvalue weighted by Crippen LogP contribution is -2.43. The van der Waals surface area contributed by atoms with Gasteiger partial charge in [0, 0.05) is 5.56 Å². The third-order valence-corrected chi connectivity index (χ3v) is 20.1. The highest BCUT2D eigenvalue weighted by Crippen LogP contribution is 2.46. The molecule has 428 valence electrons. The van der Waals surface area contributed by atoms with Crippen molar-refractivity contribution in [2.24, 2.45) is 52.3 Å². The second kappa shape index (κ2) is 25.2. The number of hydrogen-bond donors (Lipinski definition) is 0. The van der Waals surface area contributed by atoms with E-state index < -0.39 is 23.4 Å². The molecule has 0 unspecified atom stereocenters. The van der Waals surface area contributed by atoms with Gasteiger partial charge in [-0.3, -0.25) is 28.8 Å². The standard InChI is InChI=1S/C64H84N2O12S/c1-62(2,3)46-19-15-43(16-20-46)58(69)74-49-25-23-48(24-26-49)73-57(68)41-11-13-42(14-12-41)61(72)77-53-32-31-52(54-55(53)79-56(66-54)40-9-7-39(37-65)8-10-40)78-64(38-67)35-33-45(34-36-64)60(71)76-51-29-27-50(28-30-51)75-59(70)44-17-21-47(22-18-44)63(4,5)6/h7-10,31-32,38,41-51H,11-30,33-36H2,1-6H3. The number of rotatable bonds is 14. The second-order valence-electron chi connectivity index (χ2n) is 26.4. The average Bonchev–Trinajstić information content (AvgIpc) is 4.12. The van der Waals surface area contributed by atoms with Crippen LogP contribution in [0.15, 0.2) is 36.4 Å². The summed E-state index contributed by atoms with van der Waals surface area (Å²) in [6, 6.07) is 12.5. The van der Waals surface area contributed by atoms with E-state index in [1.165, 1.54) is 11.3 Å². The lowest BCUT2D eigenvalue weighted by atomic mass is 9.70. The van der Waals surface area contributed by atoms with Crippen molar-refractivity contribution in [3.8, 4) is 28.1 Å². The first-order chi connectivity index (χ1) is 37.8. The summed E-state index contributed by atoms with van der Waals surface area (Å²) in [6.07, 6.45) is 16.3. The SMILES string of the molecule is CC(C)(C)C1CCC(C(=O)OC2CCC(OC(=O)C3CCC(C(=O)Oc4ccc(OC5(C=O)CCC(C(=O)OC6CCC(OC(=O)C7CCC(C(C)(C)C)CC7)CC6)CC5)c5nc(-c6ccc(C#N)cc6)sc45)CC3)CC2)CC1. The number of aromatic nitrogens is 1. The molecule has 14 nitrogen and oxygen atoms in total. The summed E-state index contributed by atoms with van der Waals surface area (Å²) in [6.45, 7) is 13.6.